The Bertz CT molecular complexity index is 1020. The first kappa shape index (κ1) is 22.2. The lowest BCUT2D eigenvalue weighted by molar-refractivity contribution is 0.413. The van der Waals surface area contributed by atoms with Gasteiger partial charge < -0.3 is 4.74 Å². The predicted molar refractivity (Wildman–Crippen MR) is 123 cm³/mol. The third-order valence-corrected chi connectivity index (χ3v) is 6.17. The summed E-state index contributed by atoms with van der Waals surface area (Å²) in [6.07, 6.45) is 5.16. The minimum absolute atomic E-state index is 0.0371. The summed E-state index contributed by atoms with van der Waals surface area (Å²) in [6, 6.07) is 5.90. The Hall–Kier alpha value is -2.54. The summed E-state index contributed by atoms with van der Waals surface area (Å²) < 4.78 is 5.55. The van der Waals surface area contributed by atoms with E-state index in [0.717, 1.165) is 34.9 Å². The SMILES string of the molecule is COc1ccc(-n2nnc(C(C)C)n2)cc1C=CCC(C)(C)c1csc(C(C)C)n1. The number of hydrogen-bond acceptors (Lipinski definition) is 6. The molecule has 1 aromatic carbocycles. The Morgan fingerprint density at radius 3 is 2.53 bits per heavy atom. The summed E-state index contributed by atoms with van der Waals surface area (Å²) in [4.78, 5) is 6.41. The molecule has 0 amide bonds. The van der Waals surface area contributed by atoms with Crippen LogP contribution in [0, 0.1) is 0 Å². The molecule has 3 aromatic rings. The van der Waals surface area contributed by atoms with E-state index in [2.05, 4.69) is 74.5 Å². The molecule has 6 nitrogen and oxygen atoms in total. The minimum Gasteiger partial charge on any atom is -0.496 e. The van der Waals surface area contributed by atoms with Crippen molar-refractivity contribution in [1.29, 1.82) is 0 Å². The van der Waals surface area contributed by atoms with Crippen molar-refractivity contribution in [2.75, 3.05) is 7.11 Å². The number of aromatic nitrogens is 5. The molecule has 0 aliphatic heterocycles. The molecule has 0 aliphatic carbocycles. The second-order valence-corrected chi connectivity index (χ2v) is 9.62. The van der Waals surface area contributed by atoms with Crippen LogP contribution in [0.3, 0.4) is 0 Å². The molecule has 30 heavy (non-hydrogen) atoms. The van der Waals surface area contributed by atoms with E-state index in [0.29, 0.717) is 5.92 Å². The fourth-order valence-electron chi connectivity index (χ4n) is 2.99. The highest BCUT2D eigenvalue weighted by atomic mass is 32.1. The summed E-state index contributed by atoms with van der Waals surface area (Å²) in [5.41, 5.74) is 2.95. The Morgan fingerprint density at radius 2 is 1.93 bits per heavy atom. The number of allylic oxidation sites excluding steroid dienone is 1. The number of nitrogens with zero attached hydrogens (tertiary/aromatic N) is 5. The number of tetrazole rings is 1. The normalized spacial score (nSPS) is 12.4. The topological polar surface area (TPSA) is 65.7 Å². The fraction of sp³-hybridized carbons (Fsp3) is 0.478. The van der Waals surface area contributed by atoms with E-state index in [-0.39, 0.29) is 11.3 Å². The van der Waals surface area contributed by atoms with Gasteiger partial charge in [-0.15, -0.1) is 26.3 Å². The van der Waals surface area contributed by atoms with Gasteiger partial charge in [-0.05, 0) is 29.8 Å². The van der Waals surface area contributed by atoms with Crippen LogP contribution < -0.4 is 4.74 Å². The van der Waals surface area contributed by atoms with Gasteiger partial charge in [-0.25, -0.2) is 4.98 Å². The summed E-state index contributed by atoms with van der Waals surface area (Å²) in [5.74, 6) is 2.24. The summed E-state index contributed by atoms with van der Waals surface area (Å²) in [6.45, 7) is 12.9. The van der Waals surface area contributed by atoms with Crippen molar-refractivity contribution in [2.24, 2.45) is 0 Å². The van der Waals surface area contributed by atoms with E-state index in [1.165, 1.54) is 5.01 Å². The molecule has 0 N–H and O–H groups in total. The molecule has 7 heteroatoms. The van der Waals surface area contributed by atoms with Gasteiger partial charge in [-0.2, -0.15) is 0 Å². The Balaban J connectivity index is 1.80. The Kier molecular flexibility index (Phi) is 6.71. The largest absolute Gasteiger partial charge is 0.496 e. The zero-order chi connectivity index (χ0) is 21.9. The third kappa shape index (κ3) is 4.95. The van der Waals surface area contributed by atoms with E-state index in [9.17, 15) is 0 Å². The van der Waals surface area contributed by atoms with Gasteiger partial charge >= 0.3 is 0 Å². The van der Waals surface area contributed by atoms with Crippen LogP contribution in [0.2, 0.25) is 0 Å². The number of thiazole rings is 1. The first-order chi connectivity index (χ1) is 14.2. The summed E-state index contributed by atoms with van der Waals surface area (Å²) in [5, 5.41) is 16.2. The molecule has 0 saturated carbocycles. The molecular weight excluding hydrogens is 394 g/mol. The smallest absolute Gasteiger partial charge is 0.177 e. The van der Waals surface area contributed by atoms with Crippen LogP contribution in [0.4, 0.5) is 0 Å². The molecule has 0 unspecified atom stereocenters. The van der Waals surface area contributed by atoms with Crippen LogP contribution in [0.1, 0.15) is 81.9 Å². The predicted octanol–water partition coefficient (Wildman–Crippen LogP) is 5.76. The van der Waals surface area contributed by atoms with Crippen LogP contribution in [0.5, 0.6) is 5.75 Å². The van der Waals surface area contributed by atoms with E-state index in [1.54, 1.807) is 23.2 Å². The molecule has 0 bridgehead atoms. The highest BCUT2D eigenvalue weighted by molar-refractivity contribution is 7.09. The van der Waals surface area contributed by atoms with Gasteiger partial charge in [0.25, 0.3) is 0 Å². The molecule has 0 atom stereocenters. The molecule has 0 saturated heterocycles. The van der Waals surface area contributed by atoms with Crippen LogP contribution in [-0.4, -0.2) is 32.3 Å². The van der Waals surface area contributed by atoms with E-state index >= 15 is 0 Å². The van der Waals surface area contributed by atoms with E-state index in [4.69, 9.17) is 9.72 Å². The van der Waals surface area contributed by atoms with Crippen molar-refractivity contribution >= 4 is 17.4 Å². The highest BCUT2D eigenvalue weighted by Gasteiger charge is 2.23. The molecule has 0 spiro atoms. The third-order valence-electron chi connectivity index (χ3n) is 5.02. The maximum atomic E-state index is 5.55. The van der Waals surface area contributed by atoms with E-state index < -0.39 is 0 Å². The maximum absolute atomic E-state index is 5.55. The molecule has 0 radical (unpaired) electrons. The summed E-state index contributed by atoms with van der Waals surface area (Å²) in [7, 11) is 1.68. The average molecular weight is 426 g/mol. The van der Waals surface area contributed by atoms with Crippen LogP contribution in [-0.2, 0) is 5.41 Å². The standard InChI is InChI=1S/C23H31N5OS/c1-15(2)21-25-27-28(26-21)18-10-11-19(29-7)17(13-18)9-8-12-23(5,6)20-14-30-22(24-20)16(3)4/h8-11,13-16H,12H2,1-7H3. The van der Waals surface area contributed by atoms with Crippen LogP contribution >= 0.6 is 11.3 Å². The van der Waals surface area contributed by atoms with Crippen molar-refractivity contribution in [3.8, 4) is 11.4 Å². The van der Waals surface area contributed by atoms with Gasteiger partial charge in [0.15, 0.2) is 5.82 Å². The fourth-order valence-corrected chi connectivity index (χ4v) is 4.02. The van der Waals surface area contributed by atoms with Crippen molar-refractivity contribution < 1.29 is 4.74 Å². The van der Waals surface area contributed by atoms with Crippen molar-refractivity contribution in [1.82, 2.24) is 25.2 Å². The van der Waals surface area contributed by atoms with Crippen LogP contribution in [0.25, 0.3) is 11.8 Å². The Labute approximate surface area is 183 Å². The minimum atomic E-state index is -0.0371. The van der Waals surface area contributed by atoms with E-state index in [1.807, 2.05) is 18.2 Å². The number of hydrogen-bond donors (Lipinski definition) is 0. The van der Waals surface area contributed by atoms with Gasteiger partial charge in [-0.1, -0.05) is 53.7 Å². The molecule has 0 aliphatic rings. The molecule has 2 heterocycles. The highest BCUT2D eigenvalue weighted by Crippen LogP contribution is 2.32. The van der Waals surface area contributed by atoms with Gasteiger partial charge in [0.1, 0.15) is 5.75 Å². The number of rotatable bonds is 8. The first-order valence-electron chi connectivity index (χ1n) is 10.3. The lowest BCUT2D eigenvalue weighted by Crippen LogP contribution is -2.16. The molecule has 0 fully saturated rings. The summed E-state index contributed by atoms with van der Waals surface area (Å²) >= 11 is 1.75. The molecule has 160 valence electrons. The monoisotopic (exact) mass is 425 g/mol. The molecular formula is C23H31N5OS. The molecule has 3 rings (SSSR count). The molecule has 2 aromatic heterocycles. The number of benzene rings is 1. The quantitative estimate of drug-likeness (QED) is 0.459. The van der Waals surface area contributed by atoms with Crippen molar-refractivity contribution in [3.05, 3.63) is 51.7 Å². The lowest BCUT2D eigenvalue weighted by Gasteiger charge is -2.20. The van der Waals surface area contributed by atoms with Crippen molar-refractivity contribution in [3.63, 3.8) is 0 Å². The average Bonchev–Trinajstić information content (AvgIpc) is 3.38. The lowest BCUT2D eigenvalue weighted by atomic mass is 9.86. The number of ether oxygens (including phenoxy) is 1. The van der Waals surface area contributed by atoms with Gasteiger partial charge in [0.2, 0.25) is 0 Å². The number of methoxy groups -OCH3 is 1. The van der Waals surface area contributed by atoms with Crippen LogP contribution in [0.15, 0.2) is 29.7 Å². The zero-order valence-electron chi connectivity index (χ0n) is 18.9. The second kappa shape index (κ2) is 9.08. The van der Waals surface area contributed by atoms with Crippen molar-refractivity contribution in [2.45, 2.75) is 65.2 Å². The van der Waals surface area contributed by atoms with Gasteiger partial charge in [0, 0.05) is 28.2 Å². The maximum Gasteiger partial charge on any atom is 0.177 e. The second-order valence-electron chi connectivity index (χ2n) is 8.73. The van der Waals surface area contributed by atoms with Gasteiger partial charge in [-0.3, -0.25) is 0 Å². The first-order valence-corrected chi connectivity index (χ1v) is 11.2. The Morgan fingerprint density at radius 1 is 1.17 bits per heavy atom. The zero-order valence-corrected chi connectivity index (χ0v) is 19.7. The van der Waals surface area contributed by atoms with Gasteiger partial charge in [0.05, 0.1) is 23.5 Å².